The Bertz CT molecular complexity index is 942. The molecule has 0 N–H and O–H groups in total. The topological polar surface area (TPSA) is 60.9 Å². The van der Waals surface area contributed by atoms with Gasteiger partial charge < -0.3 is 9.80 Å². The Hall–Kier alpha value is -2.09. The number of carbonyl (C=O) groups excluding carboxylic acids is 1. The van der Waals surface area contributed by atoms with E-state index in [1.54, 1.807) is 4.90 Å². The molecule has 0 aliphatic carbocycles. The average Bonchev–Trinajstić information content (AvgIpc) is 2.66. The van der Waals surface area contributed by atoms with Crippen LogP contribution in [0.5, 0.6) is 0 Å². The summed E-state index contributed by atoms with van der Waals surface area (Å²) in [7, 11) is 3.17. The highest BCUT2D eigenvalue weighted by atomic mass is 35.5. The van der Waals surface area contributed by atoms with Crippen LogP contribution < -0.4 is 4.90 Å². The summed E-state index contributed by atoms with van der Waals surface area (Å²) in [6, 6.07) is 12.1. The third-order valence-electron chi connectivity index (χ3n) is 4.44. The largest absolute Gasteiger partial charge is 0.378 e. The molecule has 0 bridgehead atoms. The predicted molar refractivity (Wildman–Crippen MR) is 114 cm³/mol. The zero-order valence-corrected chi connectivity index (χ0v) is 18.4. The lowest BCUT2D eigenvalue weighted by Gasteiger charge is -2.23. The number of rotatable bonds is 7. The molecule has 0 atom stereocenters. The minimum absolute atomic E-state index is 0.0386. The lowest BCUT2D eigenvalue weighted by Crippen LogP contribution is -2.31. The van der Waals surface area contributed by atoms with Crippen LogP contribution in [0.1, 0.15) is 22.8 Å². The maximum Gasteiger partial charge on any atom is 0.255 e. The minimum atomic E-state index is -3.65. The highest BCUT2D eigenvalue weighted by Crippen LogP contribution is 2.24. The van der Waals surface area contributed by atoms with Gasteiger partial charge in [-0.25, -0.2) is 12.7 Å². The number of anilines is 1. The zero-order chi connectivity index (χ0) is 21.1. The van der Waals surface area contributed by atoms with Crippen LogP contribution in [0.15, 0.2) is 47.4 Å². The molecular weight excluding hydrogens is 398 g/mol. The van der Waals surface area contributed by atoms with E-state index in [1.165, 1.54) is 32.3 Å². The molecule has 2 aromatic rings. The van der Waals surface area contributed by atoms with E-state index in [-0.39, 0.29) is 21.4 Å². The van der Waals surface area contributed by atoms with Gasteiger partial charge in [-0.1, -0.05) is 23.7 Å². The molecule has 2 rings (SSSR count). The molecule has 0 fully saturated rings. The molecule has 0 saturated heterocycles. The van der Waals surface area contributed by atoms with E-state index in [1.807, 2.05) is 50.2 Å². The van der Waals surface area contributed by atoms with Crippen LogP contribution in [-0.2, 0) is 16.6 Å². The Labute approximate surface area is 172 Å². The standard InChI is InChI=1S/C20H26ClN3O3S/c1-6-24(14-15-7-9-16(10-8-15)22(2)3)20(25)18-13-17(11-12-19(18)21)28(26,27)23(4)5/h7-13H,6,14H2,1-5H3. The fourth-order valence-electron chi connectivity index (χ4n) is 2.66. The fourth-order valence-corrected chi connectivity index (χ4v) is 3.78. The fraction of sp³-hybridized carbons (Fsp3) is 0.350. The maximum atomic E-state index is 13.1. The van der Waals surface area contributed by atoms with Crippen LogP contribution in [0.3, 0.4) is 0 Å². The summed E-state index contributed by atoms with van der Waals surface area (Å²) in [6.07, 6.45) is 0. The summed E-state index contributed by atoms with van der Waals surface area (Å²) in [5, 5.41) is 0.226. The van der Waals surface area contributed by atoms with Gasteiger partial charge in [-0.15, -0.1) is 0 Å². The van der Waals surface area contributed by atoms with Gasteiger partial charge in [0.25, 0.3) is 5.91 Å². The van der Waals surface area contributed by atoms with Crippen molar-refractivity contribution in [2.75, 3.05) is 39.6 Å². The van der Waals surface area contributed by atoms with Crippen molar-refractivity contribution in [3.63, 3.8) is 0 Å². The Morgan fingerprint density at radius 3 is 2.11 bits per heavy atom. The first-order valence-electron chi connectivity index (χ1n) is 8.85. The van der Waals surface area contributed by atoms with Gasteiger partial charge in [-0.05, 0) is 42.8 Å². The second kappa shape index (κ2) is 8.94. The van der Waals surface area contributed by atoms with Crippen molar-refractivity contribution in [3.8, 4) is 0 Å². The van der Waals surface area contributed by atoms with E-state index >= 15 is 0 Å². The first-order chi connectivity index (χ1) is 13.1. The number of hydrogen-bond acceptors (Lipinski definition) is 4. The second-order valence-electron chi connectivity index (χ2n) is 6.81. The number of sulfonamides is 1. The van der Waals surface area contributed by atoms with Gasteiger partial charge in [0.15, 0.2) is 0 Å². The summed E-state index contributed by atoms with van der Waals surface area (Å²) >= 11 is 6.22. The van der Waals surface area contributed by atoms with Crippen LogP contribution in [0.4, 0.5) is 5.69 Å². The Kier molecular flexibility index (Phi) is 7.09. The molecule has 1 amide bonds. The van der Waals surface area contributed by atoms with Crippen LogP contribution >= 0.6 is 11.6 Å². The Morgan fingerprint density at radius 2 is 1.61 bits per heavy atom. The third-order valence-corrected chi connectivity index (χ3v) is 6.58. The summed E-state index contributed by atoms with van der Waals surface area (Å²) in [6.45, 7) is 2.75. The average molecular weight is 424 g/mol. The molecular formula is C20H26ClN3O3S. The van der Waals surface area contributed by atoms with E-state index in [0.29, 0.717) is 13.1 Å². The van der Waals surface area contributed by atoms with Gasteiger partial charge in [0.2, 0.25) is 10.0 Å². The molecule has 8 heteroatoms. The van der Waals surface area contributed by atoms with Crippen molar-refractivity contribution in [3.05, 3.63) is 58.6 Å². The molecule has 6 nitrogen and oxygen atoms in total. The van der Waals surface area contributed by atoms with Crippen LogP contribution in [0, 0.1) is 0 Å². The van der Waals surface area contributed by atoms with E-state index in [2.05, 4.69) is 0 Å². The predicted octanol–water partition coefficient (Wildman–Crippen LogP) is 3.32. The van der Waals surface area contributed by atoms with E-state index in [9.17, 15) is 13.2 Å². The number of carbonyl (C=O) groups is 1. The smallest absolute Gasteiger partial charge is 0.255 e. The van der Waals surface area contributed by atoms with Crippen molar-refractivity contribution in [1.82, 2.24) is 9.21 Å². The highest BCUT2D eigenvalue weighted by molar-refractivity contribution is 7.89. The van der Waals surface area contributed by atoms with Crippen molar-refractivity contribution >= 4 is 33.2 Å². The van der Waals surface area contributed by atoms with E-state index in [0.717, 1.165) is 15.6 Å². The van der Waals surface area contributed by atoms with Crippen LogP contribution in [0.2, 0.25) is 5.02 Å². The number of benzene rings is 2. The number of amides is 1. The van der Waals surface area contributed by atoms with Gasteiger partial charge in [0, 0.05) is 47.0 Å². The third kappa shape index (κ3) is 4.84. The van der Waals surface area contributed by atoms with Gasteiger partial charge in [0.1, 0.15) is 0 Å². The molecule has 152 valence electrons. The molecule has 0 aliphatic heterocycles. The molecule has 0 unspecified atom stereocenters. The Morgan fingerprint density at radius 1 is 1.00 bits per heavy atom. The molecule has 0 heterocycles. The van der Waals surface area contributed by atoms with Gasteiger partial charge in [-0.2, -0.15) is 0 Å². The lowest BCUT2D eigenvalue weighted by atomic mass is 10.1. The maximum absolute atomic E-state index is 13.1. The molecule has 28 heavy (non-hydrogen) atoms. The molecule has 0 radical (unpaired) electrons. The number of hydrogen-bond donors (Lipinski definition) is 0. The summed E-state index contributed by atoms with van der Waals surface area (Å²) in [5.41, 5.74) is 2.23. The zero-order valence-electron chi connectivity index (χ0n) is 16.8. The SMILES string of the molecule is CCN(Cc1ccc(N(C)C)cc1)C(=O)c1cc(S(=O)(=O)N(C)C)ccc1Cl. The van der Waals surface area contributed by atoms with Crippen molar-refractivity contribution in [1.29, 1.82) is 0 Å². The van der Waals surface area contributed by atoms with Gasteiger partial charge in [0.05, 0.1) is 15.5 Å². The normalized spacial score (nSPS) is 11.5. The quantitative estimate of drug-likeness (QED) is 0.685. The summed E-state index contributed by atoms with van der Waals surface area (Å²) in [5.74, 6) is -0.306. The van der Waals surface area contributed by atoms with Crippen LogP contribution in [-0.4, -0.2) is 58.3 Å². The molecule has 0 saturated carbocycles. The van der Waals surface area contributed by atoms with E-state index in [4.69, 9.17) is 11.6 Å². The molecule has 0 aromatic heterocycles. The first-order valence-corrected chi connectivity index (χ1v) is 10.7. The first kappa shape index (κ1) is 22.2. The van der Waals surface area contributed by atoms with Crippen LogP contribution in [0.25, 0.3) is 0 Å². The van der Waals surface area contributed by atoms with Gasteiger partial charge in [-0.3, -0.25) is 4.79 Å². The number of nitrogens with zero attached hydrogens (tertiary/aromatic N) is 3. The summed E-state index contributed by atoms with van der Waals surface area (Å²) < 4.78 is 25.9. The van der Waals surface area contributed by atoms with Gasteiger partial charge >= 0.3 is 0 Å². The minimum Gasteiger partial charge on any atom is -0.378 e. The molecule has 0 aliphatic rings. The van der Waals surface area contributed by atoms with Crippen molar-refractivity contribution < 1.29 is 13.2 Å². The second-order valence-corrected chi connectivity index (χ2v) is 9.37. The highest BCUT2D eigenvalue weighted by Gasteiger charge is 2.23. The van der Waals surface area contributed by atoms with Crippen molar-refractivity contribution in [2.45, 2.75) is 18.4 Å². The van der Waals surface area contributed by atoms with E-state index < -0.39 is 10.0 Å². The molecule has 2 aromatic carbocycles. The monoisotopic (exact) mass is 423 g/mol. The number of halogens is 1. The lowest BCUT2D eigenvalue weighted by molar-refractivity contribution is 0.0752. The summed E-state index contributed by atoms with van der Waals surface area (Å²) in [4.78, 5) is 16.7. The van der Waals surface area contributed by atoms with Crippen molar-refractivity contribution in [2.24, 2.45) is 0 Å². The Balaban J connectivity index is 2.32. The molecule has 0 spiro atoms.